The first-order valence-corrected chi connectivity index (χ1v) is 11.6. The Balaban J connectivity index is 0.00000512. The molecule has 180 valence electrons. The van der Waals surface area contributed by atoms with Gasteiger partial charge in [0.2, 0.25) is 5.91 Å². The molecule has 6 heteroatoms. The molecule has 0 atom stereocenters. The molecule has 0 fully saturated rings. The van der Waals surface area contributed by atoms with Crippen LogP contribution >= 0.6 is 12.4 Å². The molecule has 1 N–H and O–H groups in total. The third-order valence-electron chi connectivity index (χ3n) is 6.32. The number of hydrogen-bond donors (Lipinski definition) is 1. The second-order valence-corrected chi connectivity index (χ2v) is 9.15. The molecule has 2 rings (SSSR count). The zero-order valence-electron chi connectivity index (χ0n) is 20.9. The van der Waals surface area contributed by atoms with Crippen LogP contribution in [0.15, 0.2) is 42.5 Å². The number of hydrogen-bond acceptors (Lipinski definition) is 4. The zero-order chi connectivity index (χ0) is 22.9. The third-order valence-corrected chi connectivity index (χ3v) is 6.32. The van der Waals surface area contributed by atoms with Crippen LogP contribution in [0.4, 0.5) is 0 Å². The van der Waals surface area contributed by atoms with Crippen LogP contribution in [-0.4, -0.2) is 88.1 Å². The van der Waals surface area contributed by atoms with E-state index < -0.39 is 0 Å². The van der Waals surface area contributed by atoms with Crippen LogP contribution < -0.4 is 5.32 Å². The molecule has 0 bridgehead atoms. The fraction of sp³-hybridized carbons (Fsp3) is 0.577. The molecule has 0 saturated heterocycles. The van der Waals surface area contributed by atoms with E-state index in [4.69, 9.17) is 0 Å². The summed E-state index contributed by atoms with van der Waals surface area (Å²) < 4.78 is 0. The highest BCUT2D eigenvalue weighted by Crippen LogP contribution is 2.36. The van der Waals surface area contributed by atoms with Crippen molar-refractivity contribution in [2.24, 2.45) is 0 Å². The molecule has 0 spiro atoms. The van der Waals surface area contributed by atoms with E-state index in [1.165, 1.54) is 16.3 Å². The smallest absolute Gasteiger partial charge is 0.234 e. The summed E-state index contributed by atoms with van der Waals surface area (Å²) in [4.78, 5) is 19.5. The summed E-state index contributed by atoms with van der Waals surface area (Å²) in [6.07, 6.45) is 1.99. The minimum atomic E-state index is -0.131. The van der Waals surface area contributed by atoms with Gasteiger partial charge >= 0.3 is 0 Å². The van der Waals surface area contributed by atoms with E-state index >= 15 is 0 Å². The second kappa shape index (κ2) is 13.8. The van der Waals surface area contributed by atoms with Crippen LogP contribution in [0.3, 0.4) is 0 Å². The summed E-state index contributed by atoms with van der Waals surface area (Å²) >= 11 is 0. The van der Waals surface area contributed by atoms with E-state index in [1.807, 2.05) is 0 Å². The number of likely N-dealkylation sites (N-methyl/N-ethyl adjacent to an activating group) is 1. The minimum absolute atomic E-state index is 0. The van der Waals surface area contributed by atoms with E-state index in [1.54, 1.807) is 0 Å². The second-order valence-electron chi connectivity index (χ2n) is 9.15. The molecule has 0 aliphatic rings. The van der Waals surface area contributed by atoms with Crippen molar-refractivity contribution < 1.29 is 4.79 Å². The fourth-order valence-electron chi connectivity index (χ4n) is 4.20. The summed E-state index contributed by atoms with van der Waals surface area (Å²) in [5.74, 6) is 0.114. The number of nitrogens with one attached hydrogen (secondary N) is 1. The molecule has 1 amide bonds. The Morgan fingerprint density at radius 1 is 0.875 bits per heavy atom. The molecule has 0 aromatic heterocycles. The number of carbonyl (C=O) groups is 1. The zero-order valence-corrected chi connectivity index (χ0v) is 21.7. The molecule has 5 nitrogen and oxygen atoms in total. The monoisotopic (exact) mass is 462 g/mol. The molecule has 0 unspecified atom stereocenters. The van der Waals surface area contributed by atoms with Gasteiger partial charge in [0.05, 0.1) is 6.54 Å². The van der Waals surface area contributed by atoms with Crippen molar-refractivity contribution in [3.63, 3.8) is 0 Å². The van der Waals surface area contributed by atoms with Crippen molar-refractivity contribution in [1.82, 2.24) is 20.0 Å². The van der Waals surface area contributed by atoms with Gasteiger partial charge < -0.3 is 15.1 Å². The Labute approximate surface area is 201 Å². The number of rotatable bonds is 13. The van der Waals surface area contributed by atoms with Gasteiger partial charge in [-0.15, -0.1) is 12.4 Å². The van der Waals surface area contributed by atoms with Gasteiger partial charge in [0.15, 0.2) is 0 Å². The summed E-state index contributed by atoms with van der Waals surface area (Å²) in [7, 11) is 8.50. The quantitative estimate of drug-likeness (QED) is 0.490. The van der Waals surface area contributed by atoms with E-state index in [0.717, 1.165) is 39.0 Å². The van der Waals surface area contributed by atoms with Crippen LogP contribution in [0.5, 0.6) is 0 Å². The largest absolute Gasteiger partial charge is 0.354 e. The number of amides is 1. The van der Waals surface area contributed by atoms with Crippen LogP contribution in [-0.2, 0) is 10.2 Å². The lowest BCUT2D eigenvalue weighted by Gasteiger charge is -2.38. The maximum absolute atomic E-state index is 12.8. The lowest BCUT2D eigenvalue weighted by Crippen LogP contribution is -2.46. The average Bonchev–Trinajstić information content (AvgIpc) is 2.76. The molecule has 2 aromatic rings. The van der Waals surface area contributed by atoms with Crippen molar-refractivity contribution in [2.75, 3.05) is 67.5 Å². The highest BCUT2D eigenvalue weighted by molar-refractivity contribution is 5.87. The molecule has 0 saturated carbocycles. The third kappa shape index (κ3) is 8.04. The first-order valence-electron chi connectivity index (χ1n) is 11.6. The molecule has 2 aromatic carbocycles. The Morgan fingerprint density at radius 3 is 2.00 bits per heavy atom. The van der Waals surface area contributed by atoms with E-state index in [2.05, 4.69) is 105 Å². The van der Waals surface area contributed by atoms with Crippen molar-refractivity contribution in [3.8, 4) is 0 Å². The summed E-state index contributed by atoms with van der Waals surface area (Å²) in [5, 5.41) is 5.87. The number of nitrogens with zero attached hydrogens (tertiary/aromatic N) is 3. The number of halogens is 1. The van der Waals surface area contributed by atoms with Crippen LogP contribution in [0.2, 0.25) is 0 Å². The highest BCUT2D eigenvalue weighted by atomic mass is 35.5. The molecular formula is C26H43ClN4O. The molecule has 0 radical (unpaired) electrons. The van der Waals surface area contributed by atoms with Gasteiger partial charge in [0.1, 0.15) is 0 Å². The summed E-state index contributed by atoms with van der Waals surface area (Å²) in [6, 6.07) is 15.2. The Kier molecular flexibility index (Phi) is 12.2. The number of fused-ring (bicyclic) bond motifs is 1. The molecule has 0 aliphatic carbocycles. The highest BCUT2D eigenvalue weighted by Gasteiger charge is 2.34. The van der Waals surface area contributed by atoms with Crippen LogP contribution in [0.1, 0.15) is 32.3 Å². The minimum Gasteiger partial charge on any atom is -0.354 e. The Morgan fingerprint density at radius 2 is 1.44 bits per heavy atom. The van der Waals surface area contributed by atoms with Crippen molar-refractivity contribution >= 4 is 29.1 Å². The van der Waals surface area contributed by atoms with Gasteiger partial charge in [-0.3, -0.25) is 9.69 Å². The van der Waals surface area contributed by atoms with Crippen molar-refractivity contribution in [1.29, 1.82) is 0 Å². The first-order chi connectivity index (χ1) is 14.8. The summed E-state index contributed by atoms with van der Waals surface area (Å²) in [5.41, 5.74) is 1.21. The lowest BCUT2D eigenvalue weighted by molar-refractivity contribution is -0.122. The first kappa shape index (κ1) is 28.4. The van der Waals surface area contributed by atoms with Gasteiger partial charge in [-0.25, -0.2) is 0 Å². The van der Waals surface area contributed by atoms with Crippen molar-refractivity contribution in [3.05, 3.63) is 48.0 Å². The van der Waals surface area contributed by atoms with Gasteiger partial charge in [0, 0.05) is 12.0 Å². The average molecular weight is 463 g/mol. The van der Waals surface area contributed by atoms with E-state index in [0.29, 0.717) is 13.1 Å². The predicted molar refractivity (Wildman–Crippen MR) is 140 cm³/mol. The maximum atomic E-state index is 12.8. The Hall–Kier alpha value is -1.66. The Bertz CT molecular complexity index is 803. The molecule has 0 aliphatic heterocycles. The van der Waals surface area contributed by atoms with Crippen LogP contribution in [0.25, 0.3) is 10.8 Å². The molecule has 32 heavy (non-hydrogen) atoms. The molecular weight excluding hydrogens is 420 g/mol. The normalized spacial score (nSPS) is 11.9. The fourth-order valence-corrected chi connectivity index (χ4v) is 4.20. The van der Waals surface area contributed by atoms with Gasteiger partial charge in [-0.1, -0.05) is 56.3 Å². The number of benzene rings is 2. The predicted octanol–water partition coefficient (Wildman–Crippen LogP) is 3.86. The molecule has 0 heterocycles. The lowest BCUT2D eigenvalue weighted by atomic mass is 9.72. The van der Waals surface area contributed by atoms with E-state index in [-0.39, 0.29) is 23.7 Å². The van der Waals surface area contributed by atoms with Gasteiger partial charge in [-0.05, 0) is 83.5 Å². The van der Waals surface area contributed by atoms with E-state index in [9.17, 15) is 4.79 Å². The van der Waals surface area contributed by atoms with Crippen molar-refractivity contribution in [2.45, 2.75) is 32.1 Å². The number of carbonyl (C=O) groups excluding carboxylic acids is 1. The maximum Gasteiger partial charge on any atom is 0.234 e. The van der Waals surface area contributed by atoms with Crippen LogP contribution in [0, 0.1) is 0 Å². The van der Waals surface area contributed by atoms with Gasteiger partial charge in [0.25, 0.3) is 0 Å². The standard InChI is InChI=1S/C26H42N4O.ClH/c1-7-30(8-2)20-25(31)27-21-26(16-18-28(3)4,17-19-29(5)6)24-15-11-13-22-12-9-10-14-23(22)24;/h9-15H,7-8,16-21H2,1-6H3,(H,27,31);1H. The topological polar surface area (TPSA) is 38.8 Å². The summed E-state index contributed by atoms with van der Waals surface area (Å²) in [6.45, 7) is 9.05. The SMILES string of the molecule is CCN(CC)CC(=O)NCC(CCN(C)C)(CCN(C)C)c1cccc2ccccc12.Cl. The van der Waals surface area contributed by atoms with Gasteiger partial charge in [-0.2, -0.15) is 0 Å².